The first-order valence-electron chi connectivity index (χ1n) is 6.92. The van der Waals surface area contributed by atoms with Crippen LogP contribution in [0.1, 0.15) is 11.4 Å². The number of imidazole rings is 1. The summed E-state index contributed by atoms with van der Waals surface area (Å²) in [5, 5.41) is 3.05. The van der Waals surface area contributed by atoms with Gasteiger partial charge >= 0.3 is 0 Å². The number of aromatic nitrogens is 3. The Morgan fingerprint density at radius 2 is 1.95 bits per heavy atom. The molecule has 3 nitrogen and oxygen atoms in total. The minimum absolute atomic E-state index is 0.208. The normalized spacial score (nSPS) is 11.1. The Kier molecular flexibility index (Phi) is 3.20. The quantitative estimate of drug-likeness (QED) is 0.567. The molecule has 1 aromatic carbocycles. The van der Waals surface area contributed by atoms with Gasteiger partial charge in [0.15, 0.2) is 5.65 Å². The van der Waals surface area contributed by atoms with Crippen molar-refractivity contribution in [3.05, 3.63) is 77.3 Å². The standard InChI is InChI=1S/C17H12FN3S/c18-13-6-2-1-5-12(13)11-15-20-14-7-3-9-19-17(14)21(15)16-8-4-10-22-16/h1-10H,11H2. The smallest absolute Gasteiger partial charge is 0.165 e. The van der Waals surface area contributed by atoms with Gasteiger partial charge in [0.05, 0.1) is 0 Å². The second-order valence-corrected chi connectivity index (χ2v) is 5.86. The van der Waals surface area contributed by atoms with Crippen LogP contribution in [0, 0.1) is 5.82 Å². The predicted molar refractivity (Wildman–Crippen MR) is 85.9 cm³/mol. The van der Waals surface area contributed by atoms with E-state index >= 15 is 0 Å². The third kappa shape index (κ3) is 2.19. The third-order valence-electron chi connectivity index (χ3n) is 3.52. The first-order chi connectivity index (χ1) is 10.8. The largest absolute Gasteiger partial charge is 0.271 e. The Hall–Kier alpha value is -2.53. The summed E-state index contributed by atoms with van der Waals surface area (Å²) < 4.78 is 16.0. The van der Waals surface area contributed by atoms with Gasteiger partial charge in [-0.25, -0.2) is 14.4 Å². The van der Waals surface area contributed by atoms with Crippen LogP contribution in [0.15, 0.2) is 60.1 Å². The zero-order valence-corrected chi connectivity index (χ0v) is 12.4. The summed E-state index contributed by atoms with van der Waals surface area (Å²) in [4.78, 5) is 9.08. The van der Waals surface area contributed by atoms with E-state index in [1.807, 2.05) is 40.3 Å². The summed E-state index contributed by atoms with van der Waals surface area (Å²) in [7, 11) is 0. The van der Waals surface area contributed by atoms with Gasteiger partial charge in [-0.1, -0.05) is 18.2 Å². The van der Waals surface area contributed by atoms with Gasteiger partial charge in [0, 0.05) is 12.6 Å². The molecule has 0 aliphatic carbocycles. The zero-order valence-electron chi connectivity index (χ0n) is 11.6. The molecule has 0 atom stereocenters. The Balaban J connectivity index is 1.90. The summed E-state index contributed by atoms with van der Waals surface area (Å²) in [6.45, 7) is 0. The average Bonchev–Trinajstić information content (AvgIpc) is 3.16. The van der Waals surface area contributed by atoms with E-state index in [1.165, 1.54) is 6.07 Å². The lowest BCUT2D eigenvalue weighted by atomic mass is 10.1. The Labute approximate surface area is 130 Å². The fourth-order valence-electron chi connectivity index (χ4n) is 2.52. The summed E-state index contributed by atoms with van der Waals surface area (Å²) in [6, 6.07) is 14.6. The molecule has 3 heterocycles. The summed E-state index contributed by atoms with van der Waals surface area (Å²) >= 11 is 1.61. The molecule has 0 fully saturated rings. The first kappa shape index (κ1) is 13.2. The van der Waals surface area contributed by atoms with Crippen LogP contribution in [-0.2, 0) is 6.42 Å². The maximum atomic E-state index is 14.0. The molecule has 22 heavy (non-hydrogen) atoms. The molecule has 108 valence electrons. The van der Waals surface area contributed by atoms with Gasteiger partial charge < -0.3 is 0 Å². The van der Waals surface area contributed by atoms with Crippen LogP contribution in [0.25, 0.3) is 16.2 Å². The van der Waals surface area contributed by atoms with Crippen molar-refractivity contribution in [1.82, 2.24) is 14.5 Å². The Morgan fingerprint density at radius 3 is 2.77 bits per heavy atom. The SMILES string of the molecule is Fc1ccccc1Cc1nc2cccnc2n1-c1cccs1. The number of hydrogen-bond donors (Lipinski definition) is 0. The highest BCUT2D eigenvalue weighted by Crippen LogP contribution is 2.25. The summed E-state index contributed by atoms with van der Waals surface area (Å²) in [5.74, 6) is 0.585. The maximum Gasteiger partial charge on any atom is 0.165 e. The molecule has 3 aromatic heterocycles. The van der Waals surface area contributed by atoms with Gasteiger partial charge in [0.2, 0.25) is 0 Å². The molecule has 0 aliphatic heterocycles. The Bertz CT molecular complexity index is 928. The lowest BCUT2D eigenvalue weighted by Gasteiger charge is -2.06. The molecule has 0 aliphatic rings. The fourth-order valence-corrected chi connectivity index (χ4v) is 3.27. The zero-order chi connectivity index (χ0) is 14.9. The van der Waals surface area contributed by atoms with Crippen LogP contribution in [0.4, 0.5) is 4.39 Å². The molecule has 0 spiro atoms. The van der Waals surface area contributed by atoms with Crippen LogP contribution in [-0.4, -0.2) is 14.5 Å². The highest BCUT2D eigenvalue weighted by atomic mass is 32.1. The molecule has 0 radical (unpaired) electrons. The van der Waals surface area contributed by atoms with Crippen molar-refractivity contribution in [3.8, 4) is 5.00 Å². The van der Waals surface area contributed by atoms with E-state index in [9.17, 15) is 4.39 Å². The van der Waals surface area contributed by atoms with E-state index < -0.39 is 0 Å². The van der Waals surface area contributed by atoms with Crippen molar-refractivity contribution in [2.24, 2.45) is 0 Å². The topological polar surface area (TPSA) is 30.7 Å². The maximum absolute atomic E-state index is 14.0. The van der Waals surface area contributed by atoms with Crippen molar-refractivity contribution in [2.75, 3.05) is 0 Å². The Morgan fingerprint density at radius 1 is 1.05 bits per heavy atom. The van der Waals surface area contributed by atoms with Crippen molar-refractivity contribution in [3.63, 3.8) is 0 Å². The van der Waals surface area contributed by atoms with Gasteiger partial charge in [-0.2, -0.15) is 0 Å². The minimum Gasteiger partial charge on any atom is -0.271 e. The van der Waals surface area contributed by atoms with Crippen LogP contribution in [0.2, 0.25) is 0 Å². The van der Waals surface area contributed by atoms with E-state index in [2.05, 4.69) is 9.97 Å². The van der Waals surface area contributed by atoms with Crippen molar-refractivity contribution in [2.45, 2.75) is 6.42 Å². The number of rotatable bonds is 3. The number of fused-ring (bicyclic) bond motifs is 1. The number of benzene rings is 1. The van der Waals surface area contributed by atoms with Gasteiger partial charge in [-0.05, 0) is 41.3 Å². The van der Waals surface area contributed by atoms with Crippen LogP contribution < -0.4 is 0 Å². The predicted octanol–water partition coefficient (Wildman–Crippen LogP) is 4.21. The van der Waals surface area contributed by atoms with E-state index in [-0.39, 0.29) is 5.82 Å². The van der Waals surface area contributed by atoms with Gasteiger partial charge in [0.1, 0.15) is 22.2 Å². The monoisotopic (exact) mass is 309 g/mol. The summed E-state index contributed by atoms with van der Waals surface area (Å²) in [6.07, 6.45) is 2.18. The highest BCUT2D eigenvalue weighted by molar-refractivity contribution is 7.12. The molecule has 4 aromatic rings. The van der Waals surface area contributed by atoms with Crippen LogP contribution in [0.5, 0.6) is 0 Å². The molecule has 0 saturated carbocycles. The lowest BCUT2D eigenvalue weighted by Crippen LogP contribution is -2.02. The van der Waals surface area contributed by atoms with Crippen molar-refractivity contribution >= 4 is 22.5 Å². The van der Waals surface area contributed by atoms with E-state index in [1.54, 1.807) is 29.7 Å². The third-order valence-corrected chi connectivity index (χ3v) is 4.37. The molecule has 4 rings (SSSR count). The molecule has 0 amide bonds. The number of thiophene rings is 1. The molecule has 0 unspecified atom stereocenters. The van der Waals surface area contributed by atoms with Gasteiger partial charge in [-0.3, -0.25) is 4.57 Å². The molecule has 0 bridgehead atoms. The molecular weight excluding hydrogens is 297 g/mol. The van der Waals surface area contributed by atoms with Gasteiger partial charge in [-0.15, -0.1) is 11.3 Å². The molecule has 5 heteroatoms. The van der Waals surface area contributed by atoms with Crippen molar-refractivity contribution in [1.29, 1.82) is 0 Å². The average molecular weight is 309 g/mol. The van der Waals surface area contributed by atoms with E-state index in [0.29, 0.717) is 12.0 Å². The lowest BCUT2D eigenvalue weighted by molar-refractivity contribution is 0.612. The van der Waals surface area contributed by atoms with E-state index in [4.69, 9.17) is 0 Å². The minimum atomic E-state index is -0.208. The molecule has 0 saturated heterocycles. The molecule has 0 N–H and O–H groups in total. The molecular formula is C17H12FN3S. The van der Waals surface area contributed by atoms with Crippen LogP contribution >= 0.6 is 11.3 Å². The number of nitrogens with zero attached hydrogens (tertiary/aromatic N) is 3. The number of halogens is 1. The van der Waals surface area contributed by atoms with Crippen molar-refractivity contribution < 1.29 is 4.39 Å². The second-order valence-electron chi connectivity index (χ2n) is 4.93. The number of hydrogen-bond acceptors (Lipinski definition) is 3. The van der Waals surface area contributed by atoms with E-state index in [0.717, 1.165) is 22.0 Å². The van der Waals surface area contributed by atoms with Gasteiger partial charge in [0.25, 0.3) is 0 Å². The number of pyridine rings is 1. The van der Waals surface area contributed by atoms with Crippen LogP contribution in [0.3, 0.4) is 0 Å². The summed E-state index contributed by atoms with van der Waals surface area (Å²) in [5.41, 5.74) is 2.26. The fraction of sp³-hybridized carbons (Fsp3) is 0.0588. The second kappa shape index (κ2) is 5.35. The highest BCUT2D eigenvalue weighted by Gasteiger charge is 2.15. The first-order valence-corrected chi connectivity index (χ1v) is 7.80.